The molecule has 0 saturated heterocycles. The molecule has 0 aromatic carbocycles. The SMILES string of the molecule is C.CCC1CCC(C2CCC(C3CCC(C)CC3)CC2)C(F)C1F.O.[HH].[HH]. The minimum absolute atomic E-state index is 0. The highest BCUT2D eigenvalue weighted by molar-refractivity contribution is 4.92. The summed E-state index contributed by atoms with van der Waals surface area (Å²) in [4.78, 5) is 0. The zero-order valence-electron chi connectivity index (χ0n) is 15.7. The van der Waals surface area contributed by atoms with E-state index in [1.807, 2.05) is 6.92 Å². The maximum Gasteiger partial charge on any atom is 0.134 e. The Bertz CT molecular complexity index is 369. The summed E-state index contributed by atoms with van der Waals surface area (Å²) in [6.45, 7) is 4.38. The van der Waals surface area contributed by atoms with Gasteiger partial charge in [-0.1, -0.05) is 40.5 Å². The van der Waals surface area contributed by atoms with Gasteiger partial charge in [-0.05, 0) is 86.9 Å². The molecule has 0 radical (unpaired) electrons. The number of hydrogen-bond acceptors (Lipinski definition) is 0. The Labute approximate surface area is 157 Å². The van der Waals surface area contributed by atoms with Crippen LogP contribution >= 0.6 is 0 Å². The van der Waals surface area contributed by atoms with E-state index < -0.39 is 12.3 Å². The first kappa shape index (κ1) is 22.9. The maximum atomic E-state index is 14.6. The van der Waals surface area contributed by atoms with Crippen LogP contribution in [0.2, 0.25) is 0 Å². The van der Waals surface area contributed by atoms with E-state index in [1.54, 1.807) is 0 Å². The lowest BCUT2D eigenvalue weighted by Crippen LogP contribution is -2.42. The Morgan fingerprint density at radius 3 is 1.72 bits per heavy atom. The van der Waals surface area contributed by atoms with Crippen molar-refractivity contribution in [2.75, 3.05) is 0 Å². The monoisotopic (exact) mass is 364 g/mol. The van der Waals surface area contributed by atoms with Crippen LogP contribution in [0.5, 0.6) is 0 Å². The van der Waals surface area contributed by atoms with Crippen molar-refractivity contribution in [2.24, 2.45) is 35.5 Å². The number of alkyl halides is 2. The summed E-state index contributed by atoms with van der Waals surface area (Å²) < 4.78 is 28.9. The Morgan fingerprint density at radius 1 is 0.720 bits per heavy atom. The molecule has 3 aliphatic carbocycles. The average molecular weight is 365 g/mol. The van der Waals surface area contributed by atoms with Gasteiger partial charge in [0.2, 0.25) is 0 Å². The summed E-state index contributed by atoms with van der Waals surface area (Å²) in [5.74, 6) is 3.18. The normalized spacial score (nSPS) is 45.1. The van der Waals surface area contributed by atoms with Crippen LogP contribution in [-0.2, 0) is 0 Å². The van der Waals surface area contributed by atoms with E-state index in [4.69, 9.17) is 0 Å². The van der Waals surface area contributed by atoms with Gasteiger partial charge in [0.1, 0.15) is 12.3 Å². The smallest absolute Gasteiger partial charge is 0.134 e. The fraction of sp³-hybridized carbons (Fsp3) is 1.00. The second-order valence-corrected chi connectivity index (χ2v) is 8.99. The molecule has 0 aromatic heterocycles. The number of hydrogen-bond donors (Lipinski definition) is 0. The molecule has 2 N–H and O–H groups in total. The van der Waals surface area contributed by atoms with Crippen LogP contribution in [0.3, 0.4) is 0 Å². The minimum Gasteiger partial charge on any atom is -0.412 e. The van der Waals surface area contributed by atoms with Gasteiger partial charge in [0.25, 0.3) is 0 Å². The van der Waals surface area contributed by atoms with Gasteiger partial charge in [-0.25, -0.2) is 8.78 Å². The average Bonchev–Trinajstić information content (AvgIpc) is 2.58. The van der Waals surface area contributed by atoms with E-state index in [9.17, 15) is 8.78 Å². The second-order valence-electron chi connectivity index (χ2n) is 8.99. The predicted molar refractivity (Wildman–Crippen MR) is 107 cm³/mol. The predicted octanol–water partition coefficient (Wildman–Crippen LogP) is 7.03. The van der Waals surface area contributed by atoms with Gasteiger partial charge in [0.15, 0.2) is 0 Å². The van der Waals surface area contributed by atoms with Crippen LogP contribution < -0.4 is 0 Å². The first-order chi connectivity index (χ1) is 11.1. The fourth-order valence-electron chi connectivity index (χ4n) is 5.95. The van der Waals surface area contributed by atoms with Gasteiger partial charge in [-0.3, -0.25) is 0 Å². The lowest BCUT2D eigenvalue weighted by atomic mass is 9.64. The first-order valence-electron chi connectivity index (χ1n) is 10.4. The van der Waals surface area contributed by atoms with E-state index >= 15 is 0 Å². The lowest BCUT2D eigenvalue weighted by Gasteiger charge is -2.43. The molecule has 3 saturated carbocycles. The number of rotatable bonds is 3. The van der Waals surface area contributed by atoms with E-state index in [0.29, 0.717) is 5.92 Å². The van der Waals surface area contributed by atoms with Crippen molar-refractivity contribution in [3.63, 3.8) is 0 Å². The third-order valence-corrected chi connectivity index (χ3v) is 7.71. The molecule has 0 spiro atoms. The van der Waals surface area contributed by atoms with Gasteiger partial charge >= 0.3 is 0 Å². The topological polar surface area (TPSA) is 31.5 Å². The molecule has 0 bridgehead atoms. The highest BCUT2D eigenvalue weighted by atomic mass is 19.2. The third-order valence-electron chi connectivity index (χ3n) is 7.71. The molecule has 3 aliphatic rings. The Hall–Kier alpha value is -0.180. The molecular formula is C22H46F2O. The molecule has 1 nitrogen and oxygen atoms in total. The van der Waals surface area contributed by atoms with Crippen molar-refractivity contribution in [3.8, 4) is 0 Å². The van der Waals surface area contributed by atoms with Crippen LogP contribution in [-0.4, -0.2) is 17.8 Å². The second kappa shape index (κ2) is 10.2. The van der Waals surface area contributed by atoms with Crippen LogP contribution in [0.1, 0.15) is 94.8 Å². The van der Waals surface area contributed by atoms with Gasteiger partial charge in [0, 0.05) is 2.85 Å². The van der Waals surface area contributed by atoms with Gasteiger partial charge in [-0.2, -0.15) is 0 Å². The molecule has 3 fully saturated rings. The summed E-state index contributed by atoms with van der Waals surface area (Å²) in [6.07, 6.45) is 10.7. The zero-order valence-corrected chi connectivity index (χ0v) is 15.7. The van der Waals surface area contributed by atoms with Gasteiger partial charge < -0.3 is 5.48 Å². The highest BCUT2D eigenvalue weighted by Gasteiger charge is 2.43. The van der Waals surface area contributed by atoms with Crippen molar-refractivity contribution < 1.29 is 17.1 Å². The summed E-state index contributed by atoms with van der Waals surface area (Å²) in [7, 11) is 0. The zero-order chi connectivity index (χ0) is 16.4. The molecule has 154 valence electrons. The molecular weight excluding hydrogens is 318 g/mol. The third kappa shape index (κ3) is 5.17. The van der Waals surface area contributed by atoms with E-state index in [1.165, 1.54) is 38.5 Å². The van der Waals surface area contributed by atoms with E-state index in [-0.39, 0.29) is 27.6 Å². The molecule has 4 atom stereocenters. The quantitative estimate of drug-likeness (QED) is 0.514. The summed E-state index contributed by atoms with van der Waals surface area (Å²) >= 11 is 0. The summed E-state index contributed by atoms with van der Waals surface area (Å²) in [5, 5.41) is 0. The van der Waals surface area contributed by atoms with Crippen molar-refractivity contribution in [2.45, 2.75) is 104 Å². The van der Waals surface area contributed by atoms with Crippen LogP contribution in [0.25, 0.3) is 0 Å². The summed E-state index contributed by atoms with van der Waals surface area (Å²) in [6, 6.07) is 0. The molecule has 0 aromatic rings. The molecule has 25 heavy (non-hydrogen) atoms. The fourth-order valence-corrected chi connectivity index (χ4v) is 5.95. The van der Waals surface area contributed by atoms with Crippen LogP contribution in [0.15, 0.2) is 0 Å². The van der Waals surface area contributed by atoms with Gasteiger partial charge in [0.05, 0.1) is 0 Å². The summed E-state index contributed by atoms with van der Waals surface area (Å²) in [5.41, 5.74) is 0. The minimum atomic E-state index is -1.20. The molecule has 3 rings (SSSR count). The molecule has 0 aliphatic heterocycles. The van der Waals surface area contributed by atoms with Crippen LogP contribution in [0, 0.1) is 35.5 Å². The van der Waals surface area contributed by atoms with Crippen molar-refractivity contribution in [3.05, 3.63) is 0 Å². The Kier molecular flexibility index (Phi) is 9.36. The molecule has 3 heteroatoms. The molecule has 0 amide bonds. The molecule has 4 unspecified atom stereocenters. The Morgan fingerprint density at radius 2 is 1.20 bits per heavy atom. The van der Waals surface area contributed by atoms with Crippen molar-refractivity contribution >= 4 is 0 Å². The van der Waals surface area contributed by atoms with Gasteiger partial charge in [-0.15, -0.1) is 0 Å². The van der Waals surface area contributed by atoms with Crippen LogP contribution in [0.4, 0.5) is 8.78 Å². The standard InChI is InChI=1S/C21H36F2.CH4.H2O.2H2/c1-3-15-12-13-19(21(23)20(15)22)18-10-8-17(9-11-18)16-6-4-14(2)5-7-16;;;;/h14-21H,3-13H2,1-2H3;1H4;1H2;2*1H. The molecule has 0 heterocycles. The largest absolute Gasteiger partial charge is 0.412 e. The lowest BCUT2D eigenvalue weighted by molar-refractivity contribution is -0.0157. The maximum absolute atomic E-state index is 14.6. The Balaban J connectivity index is 0. The number of halogens is 2. The van der Waals surface area contributed by atoms with E-state index in [2.05, 4.69) is 6.92 Å². The van der Waals surface area contributed by atoms with Crippen molar-refractivity contribution in [1.29, 1.82) is 0 Å². The van der Waals surface area contributed by atoms with Crippen molar-refractivity contribution in [1.82, 2.24) is 0 Å². The highest BCUT2D eigenvalue weighted by Crippen LogP contribution is 2.47. The van der Waals surface area contributed by atoms with E-state index in [0.717, 1.165) is 49.9 Å². The first-order valence-corrected chi connectivity index (χ1v) is 10.4.